The SMILES string of the molecule is CC(C)(ON=C(C(=O)NC1C(=O)N2C(C(=O)O)=C(CNC(=O)c3ccc(O)c(O)c3)CS[C@@H]12)c1csc(N)n1)C(=O)O. The minimum Gasteiger partial charge on any atom is -0.504 e. The van der Waals surface area contributed by atoms with E-state index in [1.807, 2.05) is 0 Å². The van der Waals surface area contributed by atoms with Crippen LogP contribution in [0, 0.1) is 0 Å². The van der Waals surface area contributed by atoms with Gasteiger partial charge in [-0.2, -0.15) is 0 Å². The number of oxime groups is 1. The molecule has 2 aliphatic heterocycles. The van der Waals surface area contributed by atoms with Gasteiger partial charge in [-0.05, 0) is 37.6 Å². The first-order valence-corrected chi connectivity index (χ1v) is 13.9. The number of carboxylic acid groups (broad SMARTS) is 2. The fourth-order valence-electron chi connectivity index (χ4n) is 3.78. The van der Waals surface area contributed by atoms with Crippen molar-refractivity contribution >= 4 is 63.6 Å². The zero-order valence-corrected chi connectivity index (χ0v) is 23.5. The Hall–Kier alpha value is -4.84. The topological polar surface area (TPSA) is 254 Å². The van der Waals surface area contributed by atoms with Crippen molar-refractivity contribution in [3.63, 3.8) is 0 Å². The van der Waals surface area contributed by atoms with Gasteiger partial charge in [0.05, 0.1) is 0 Å². The molecule has 1 fully saturated rings. The second-order valence-corrected chi connectivity index (χ2v) is 11.4. The number of nitrogen functional groups attached to an aromatic ring is 1. The van der Waals surface area contributed by atoms with Crippen molar-refractivity contribution in [2.45, 2.75) is 30.9 Å². The molecule has 0 aliphatic carbocycles. The van der Waals surface area contributed by atoms with Crippen molar-refractivity contribution in [1.82, 2.24) is 20.5 Å². The van der Waals surface area contributed by atoms with Crippen molar-refractivity contribution in [2.75, 3.05) is 18.0 Å². The van der Waals surface area contributed by atoms with Gasteiger partial charge in [0.15, 0.2) is 22.3 Å². The number of anilines is 1. The number of β-lactam (4-membered cyclic amide) rings is 1. The number of amides is 3. The molecule has 2 aromatic rings. The summed E-state index contributed by atoms with van der Waals surface area (Å²) >= 11 is 2.13. The molecule has 222 valence electrons. The first-order chi connectivity index (χ1) is 19.7. The number of thiazole rings is 1. The summed E-state index contributed by atoms with van der Waals surface area (Å²) in [6.45, 7) is 2.19. The monoisotopic (exact) mass is 620 g/mol. The van der Waals surface area contributed by atoms with Gasteiger partial charge < -0.3 is 41.6 Å². The second-order valence-electron chi connectivity index (χ2n) is 9.42. The van der Waals surface area contributed by atoms with Crippen LogP contribution >= 0.6 is 23.1 Å². The van der Waals surface area contributed by atoms with Crippen LogP contribution in [0.5, 0.6) is 11.5 Å². The Morgan fingerprint density at radius 1 is 1.21 bits per heavy atom. The molecule has 0 radical (unpaired) electrons. The number of hydrogen-bond donors (Lipinski definition) is 7. The molecule has 0 spiro atoms. The molecule has 1 unspecified atom stereocenters. The Morgan fingerprint density at radius 3 is 2.52 bits per heavy atom. The average Bonchev–Trinajstić information content (AvgIpc) is 3.36. The number of aliphatic carboxylic acids is 2. The molecule has 8 N–H and O–H groups in total. The smallest absolute Gasteiger partial charge is 0.352 e. The number of hydrogen-bond acceptors (Lipinski definition) is 13. The zero-order chi connectivity index (χ0) is 30.9. The summed E-state index contributed by atoms with van der Waals surface area (Å²) in [6, 6.07) is 2.26. The summed E-state index contributed by atoms with van der Waals surface area (Å²) in [5, 5.41) is 47.6. The molecule has 3 amide bonds. The van der Waals surface area contributed by atoms with Crippen LogP contribution in [0.15, 0.2) is 40.0 Å². The molecule has 2 atom stereocenters. The van der Waals surface area contributed by atoms with Crippen LogP contribution in [0.2, 0.25) is 0 Å². The van der Waals surface area contributed by atoms with Crippen LogP contribution < -0.4 is 16.4 Å². The molecule has 18 heteroatoms. The maximum atomic E-state index is 13.2. The quantitative estimate of drug-likeness (QED) is 0.0793. The van der Waals surface area contributed by atoms with Gasteiger partial charge in [-0.3, -0.25) is 19.3 Å². The molecule has 1 saturated heterocycles. The number of nitrogens with two attached hydrogens (primary N) is 1. The van der Waals surface area contributed by atoms with Gasteiger partial charge >= 0.3 is 11.9 Å². The lowest BCUT2D eigenvalue weighted by molar-refractivity contribution is -0.161. The van der Waals surface area contributed by atoms with Gasteiger partial charge in [-0.15, -0.1) is 23.1 Å². The van der Waals surface area contributed by atoms with Crippen LogP contribution in [0.3, 0.4) is 0 Å². The normalized spacial score (nSPS) is 18.6. The average molecular weight is 621 g/mol. The summed E-state index contributed by atoms with van der Waals surface area (Å²) in [5.41, 5.74) is 3.27. The Balaban J connectivity index is 1.50. The Kier molecular flexibility index (Phi) is 8.30. The zero-order valence-electron chi connectivity index (χ0n) is 21.9. The number of carbonyl (C=O) groups is 5. The number of benzene rings is 1. The molecule has 0 bridgehead atoms. The van der Waals surface area contributed by atoms with E-state index in [1.54, 1.807) is 0 Å². The highest BCUT2D eigenvalue weighted by Gasteiger charge is 2.54. The Labute approximate surface area is 244 Å². The highest BCUT2D eigenvalue weighted by Crippen LogP contribution is 2.40. The number of carbonyl (C=O) groups excluding carboxylic acids is 3. The van der Waals surface area contributed by atoms with Crippen molar-refractivity contribution in [1.29, 1.82) is 0 Å². The van der Waals surface area contributed by atoms with Crippen molar-refractivity contribution in [3.8, 4) is 11.5 Å². The van der Waals surface area contributed by atoms with Crippen molar-refractivity contribution in [2.24, 2.45) is 5.16 Å². The molecule has 4 rings (SSSR count). The molecule has 0 saturated carbocycles. The minimum absolute atomic E-state index is 0.0157. The van der Waals surface area contributed by atoms with E-state index in [0.29, 0.717) is 0 Å². The summed E-state index contributed by atoms with van der Waals surface area (Å²) < 4.78 is 0. The summed E-state index contributed by atoms with van der Waals surface area (Å²) in [4.78, 5) is 72.3. The van der Waals surface area contributed by atoms with E-state index in [2.05, 4.69) is 20.8 Å². The fraction of sp³-hybridized carbons (Fsp3) is 0.292. The number of fused-ring (bicyclic) bond motifs is 1. The van der Waals surface area contributed by atoms with Crippen LogP contribution in [0.4, 0.5) is 5.13 Å². The van der Waals surface area contributed by atoms with Crippen molar-refractivity contribution in [3.05, 3.63) is 46.1 Å². The van der Waals surface area contributed by atoms with Gasteiger partial charge in [-0.25, -0.2) is 14.6 Å². The van der Waals surface area contributed by atoms with Gasteiger partial charge in [0.2, 0.25) is 5.60 Å². The lowest BCUT2D eigenvalue weighted by Crippen LogP contribution is -2.71. The predicted octanol–water partition coefficient (Wildman–Crippen LogP) is -0.111. The number of aromatic hydroxyl groups is 2. The van der Waals surface area contributed by atoms with Crippen molar-refractivity contribution < 1.29 is 49.2 Å². The highest BCUT2D eigenvalue weighted by molar-refractivity contribution is 8.00. The first kappa shape index (κ1) is 30.1. The number of thioether (sulfide) groups is 1. The number of phenolic OH excluding ortho intramolecular Hbond substituents is 2. The summed E-state index contributed by atoms with van der Waals surface area (Å²) in [6.07, 6.45) is 0. The van der Waals surface area contributed by atoms with Crippen LogP contribution in [-0.2, 0) is 24.0 Å². The third-order valence-corrected chi connectivity index (χ3v) is 8.11. The van der Waals surface area contributed by atoms with E-state index < -0.39 is 63.9 Å². The largest absolute Gasteiger partial charge is 0.504 e. The molecule has 16 nitrogen and oxygen atoms in total. The maximum absolute atomic E-state index is 13.2. The van der Waals surface area contributed by atoms with Crippen LogP contribution in [0.25, 0.3) is 0 Å². The van der Waals surface area contributed by atoms with Gasteiger partial charge in [-0.1, -0.05) is 5.16 Å². The second kappa shape index (κ2) is 11.6. The summed E-state index contributed by atoms with van der Waals surface area (Å²) in [7, 11) is 0. The standard InChI is InChI=1S/C24H24N6O10S2/c1-24(2,22(38)39)40-29-14(11-8-42-23(25)27-11)18(34)28-15-19(35)30-16(21(36)37)10(7-41-20(15)30)6-26-17(33)9-3-4-12(31)13(32)5-9/h3-5,8,15,20,31-32H,6-7H2,1-2H3,(H2,25,27)(H,26,33)(H,28,34)(H,36,37)(H,38,39)/t15?,20-/m0/s1. The molecule has 42 heavy (non-hydrogen) atoms. The van der Waals surface area contributed by atoms with Gasteiger partial charge in [0.1, 0.15) is 22.8 Å². The first-order valence-electron chi connectivity index (χ1n) is 11.9. The highest BCUT2D eigenvalue weighted by atomic mass is 32.2. The molecule has 2 aliphatic rings. The number of nitrogens with zero attached hydrogens (tertiary/aromatic N) is 3. The van der Waals surface area contributed by atoms with E-state index in [1.165, 1.54) is 25.3 Å². The lowest BCUT2D eigenvalue weighted by Gasteiger charge is -2.49. The van der Waals surface area contributed by atoms with Crippen LogP contribution in [0.1, 0.15) is 29.9 Å². The third kappa shape index (κ3) is 5.93. The van der Waals surface area contributed by atoms with Gasteiger partial charge in [0, 0.05) is 23.2 Å². The number of aromatic nitrogens is 1. The third-order valence-electron chi connectivity index (χ3n) is 6.10. The molecule has 1 aromatic carbocycles. The molecular formula is C24H24N6O10S2. The van der Waals surface area contributed by atoms with Gasteiger partial charge in [0.25, 0.3) is 17.7 Å². The van der Waals surface area contributed by atoms with E-state index in [0.717, 1.165) is 40.1 Å². The number of carboxylic acids is 2. The fourth-order valence-corrected chi connectivity index (χ4v) is 5.68. The maximum Gasteiger partial charge on any atom is 0.352 e. The number of nitrogens with one attached hydrogen (secondary N) is 2. The van der Waals surface area contributed by atoms with E-state index in [-0.39, 0.29) is 40.0 Å². The summed E-state index contributed by atoms with van der Waals surface area (Å²) in [5.74, 6) is -5.94. The van der Waals surface area contributed by atoms with E-state index >= 15 is 0 Å². The van der Waals surface area contributed by atoms with E-state index in [9.17, 15) is 44.4 Å². The van der Waals surface area contributed by atoms with Crippen LogP contribution in [-0.4, -0.2) is 95.0 Å². The molecular weight excluding hydrogens is 596 g/mol. The molecule has 3 heterocycles. The number of rotatable bonds is 10. The van der Waals surface area contributed by atoms with E-state index in [4.69, 9.17) is 10.6 Å². The molecule has 1 aromatic heterocycles. The Bertz CT molecular complexity index is 1550. The Morgan fingerprint density at radius 2 is 1.93 bits per heavy atom. The number of phenols is 2. The minimum atomic E-state index is -1.80. The predicted molar refractivity (Wildman–Crippen MR) is 148 cm³/mol. The lowest BCUT2D eigenvalue weighted by atomic mass is 10.0.